The molecule has 0 spiro atoms. The first-order valence-corrected chi connectivity index (χ1v) is 10.4. The number of ether oxygens (including phenoxy) is 1. The minimum absolute atomic E-state index is 0.0227. The molecular formula is C25H18F3N3O5. The molecular weight excluding hydrogens is 479 g/mol. The van der Waals surface area contributed by atoms with E-state index < -0.39 is 29.5 Å². The second-order valence-electron chi connectivity index (χ2n) is 7.59. The summed E-state index contributed by atoms with van der Waals surface area (Å²) in [6.45, 7) is 0. The lowest BCUT2D eigenvalue weighted by atomic mass is 10.1. The SMILES string of the molecule is COc1ccc(C(=O)N/N=C/c2c(O)n(-c3cccc(C(=O)O)c3)c3cc(C(F)(F)F)ccc23)cc1. The normalized spacial score (nSPS) is 11.7. The zero-order chi connectivity index (χ0) is 26.0. The molecule has 0 aliphatic rings. The molecule has 0 radical (unpaired) electrons. The van der Waals surface area contributed by atoms with E-state index in [-0.39, 0.29) is 33.3 Å². The molecule has 1 heterocycles. The molecule has 0 unspecified atom stereocenters. The Labute approximate surface area is 201 Å². The average molecular weight is 497 g/mol. The summed E-state index contributed by atoms with van der Waals surface area (Å²) in [5.41, 5.74) is 1.61. The summed E-state index contributed by atoms with van der Waals surface area (Å²) in [6.07, 6.45) is -3.55. The van der Waals surface area contributed by atoms with Gasteiger partial charge in [-0.05, 0) is 54.6 Å². The van der Waals surface area contributed by atoms with Gasteiger partial charge in [0.25, 0.3) is 5.91 Å². The van der Waals surface area contributed by atoms with E-state index in [0.717, 1.165) is 22.9 Å². The third-order valence-corrected chi connectivity index (χ3v) is 5.37. The van der Waals surface area contributed by atoms with Crippen molar-refractivity contribution >= 4 is 29.0 Å². The Morgan fingerprint density at radius 3 is 2.39 bits per heavy atom. The van der Waals surface area contributed by atoms with Crippen molar-refractivity contribution in [1.29, 1.82) is 0 Å². The Morgan fingerprint density at radius 1 is 1.03 bits per heavy atom. The molecule has 1 aromatic heterocycles. The van der Waals surface area contributed by atoms with E-state index in [1.165, 1.54) is 49.6 Å². The van der Waals surface area contributed by atoms with Gasteiger partial charge in [-0.2, -0.15) is 18.3 Å². The molecule has 4 aromatic rings. The number of methoxy groups -OCH3 is 1. The zero-order valence-electron chi connectivity index (χ0n) is 18.6. The summed E-state index contributed by atoms with van der Waals surface area (Å²) in [4.78, 5) is 23.7. The van der Waals surface area contributed by atoms with E-state index in [9.17, 15) is 33.0 Å². The van der Waals surface area contributed by atoms with Crippen LogP contribution in [0.15, 0.2) is 71.8 Å². The number of alkyl halides is 3. The first-order chi connectivity index (χ1) is 17.1. The van der Waals surface area contributed by atoms with Gasteiger partial charge in [0.05, 0.1) is 35.5 Å². The van der Waals surface area contributed by atoms with Crippen molar-refractivity contribution < 1.29 is 37.7 Å². The second-order valence-corrected chi connectivity index (χ2v) is 7.59. The first-order valence-electron chi connectivity index (χ1n) is 10.4. The Kier molecular flexibility index (Phi) is 6.39. The number of carbonyl (C=O) groups excluding carboxylic acids is 1. The van der Waals surface area contributed by atoms with Gasteiger partial charge in [0, 0.05) is 16.6 Å². The number of aromatic carboxylic acids is 1. The molecule has 0 bridgehead atoms. The number of hydrogen-bond acceptors (Lipinski definition) is 5. The van der Waals surface area contributed by atoms with Crippen molar-refractivity contribution in [1.82, 2.24) is 9.99 Å². The maximum absolute atomic E-state index is 13.4. The van der Waals surface area contributed by atoms with Crippen LogP contribution in [0.4, 0.5) is 13.2 Å². The van der Waals surface area contributed by atoms with Gasteiger partial charge in [0.2, 0.25) is 5.88 Å². The van der Waals surface area contributed by atoms with Crippen LogP contribution in [-0.4, -0.2) is 40.0 Å². The van der Waals surface area contributed by atoms with Gasteiger partial charge in [-0.15, -0.1) is 0 Å². The van der Waals surface area contributed by atoms with Crippen molar-refractivity contribution in [3.63, 3.8) is 0 Å². The monoisotopic (exact) mass is 497 g/mol. The smallest absolute Gasteiger partial charge is 0.416 e. The number of aromatic nitrogens is 1. The summed E-state index contributed by atoms with van der Waals surface area (Å²) < 4.78 is 46.3. The topological polar surface area (TPSA) is 113 Å². The van der Waals surface area contributed by atoms with Gasteiger partial charge in [-0.1, -0.05) is 12.1 Å². The number of nitrogens with one attached hydrogen (secondary N) is 1. The highest BCUT2D eigenvalue weighted by molar-refractivity contribution is 6.04. The number of halogens is 3. The predicted molar refractivity (Wildman–Crippen MR) is 125 cm³/mol. The Hall–Kier alpha value is -4.80. The quantitative estimate of drug-likeness (QED) is 0.261. The summed E-state index contributed by atoms with van der Waals surface area (Å²) in [7, 11) is 1.48. The molecule has 8 nitrogen and oxygen atoms in total. The molecule has 0 saturated carbocycles. The van der Waals surface area contributed by atoms with E-state index >= 15 is 0 Å². The third-order valence-electron chi connectivity index (χ3n) is 5.37. The van der Waals surface area contributed by atoms with Crippen molar-refractivity contribution in [2.75, 3.05) is 7.11 Å². The summed E-state index contributed by atoms with van der Waals surface area (Å²) in [5, 5.41) is 24.3. The van der Waals surface area contributed by atoms with Crippen molar-refractivity contribution in [3.8, 4) is 17.3 Å². The highest BCUT2D eigenvalue weighted by atomic mass is 19.4. The largest absolute Gasteiger partial charge is 0.497 e. The highest BCUT2D eigenvalue weighted by Gasteiger charge is 2.31. The van der Waals surface area contributed by atoms with Crippen molar-refractivity contribution in [3.05, 3.63) is 89.0 Å². The van der Waals surface area contributed by atoms with Gasteiger partial charge in [0.1, 0.15) is 5.75 Å². The van der Waals surface area contributed by atoms with Crippen LogP contribution in [0.3, 0.4) is 0 Å². The zero-order valence-corrected chi connectivity index (χ0v) is 18.6. The molecule has 0 saturated heterocycles. The molecule has 0 fully saturated rings. The maximum atomic E-state index is 13.4. The van der Waals surface area contributed by atoms with Gasteiger partial charge < -0.3 is 14.9 Å². The fourth-order valence-electron chi connectivity index (χ4n) is 3.60. The second kappa shape index (κ2) is 9.45. The number of hydrogen-bond donors (Lipinski definition) is 3. The van der Waals surface area contributed by atoms with Crippen LogP contribution in [-0.2, 0) is 6.18 Å². The minimum atomic E-state index is -4.65. The standard InChI is InChI=1S/C25H18F3N3O5/c1-36-18-8-5-14(6-9-18)22(32)30-29-13-20-19-10-7-16(25(26,27)28)12-21(19)31(23(20)33)17-4-2-3-15(11-17)24(34)35/h2-13,33H,1H3,(H,30,32)(H,34,35)/b29-13+. The molecule has 3 aromatic carbocycles. The lowest BCUT2D eigenvalue weighted by Gasteiger charge is -2.10. The molecule has 36 heavy (non-hydrogen) atoms. The van der Waals surface area contributed by atoms with Crippen LogP contribution in [0.2, 0.25) is 0 Å². The minimum Gasteiger partial charge on any atom is -0.497 e. The van der Waals surface area contributed by atoms with Crippen molar-refractivity contribution in [2.45, 2.75) is 6.18 Å². The fourth-order valence-corrected chi connectivity index (χ4v) is 3.60. The number of benzene rings is 3. The van der Waals surface area contributed by atoms with Crippen LogP contribution in [0.5, 0.6) is 11.6 Å². The number of carboxylic acid groups (broad SMARTS) is 1. The first kappa shape index (κ1) is 24.3. The predicted octanol–water partition coefficient (Wildman–Crippen LogP) is 4.83. The highest BCUT2D eigenvalue weighted by Crippen LogP contribution is 2.37. The van der Waals surface area contributed by atoms with E-state index in [0.29, 0.717) is 5.75 Å². The fraction of sp³-hybridized carbons (Fsp3) is 0.0800. The third kappa shape index (κ3) is 4.71. The lowest BCUT2D eigenvalue weighted by molar-refractivity contribution is -0.137. The lowest BCUT2D eigenvalue weighted by Crippen LogP contribution is -2.17. The molecule has 184 valence electrons. The number of hydrazone groups is 1. The number of carboxylic acids is 1. The summed E-state index contributed by atoms with van der Waals surface area (Å²) in [6, 6.07) is 14.4. The summed E-state index contributed by atoms with van der Waals surface area (Å²) >= 11 is 0. The van der Waals surface area contributed by atoms with Crippen LogP contribution >= 0.6 is 0 Å². The Balaban J connectivity index is 1.77. The molecule has 0 aliphatic heterocycles. The van der Waals surface area contributed by atoms with Crippen LogP contribution in [0.1, 0.15) is 31.8 Å². The van der Waals surface area contributed by atoms with Gasteiger partial charge in [-0.25, -0.2) is 10.2 Å². The number of carbonyl (C=O) groups is 2. The summed E-state index contributed by atoms with van der Waals surface area (Å²) in [5.74, 6) is -1.75. The van der Waals surface area contributed by atoms with Crippen molar-refractivity contribution in [2.24, 2.45) is 5.10 Å². The van der Waals surface area contributed by atoms with Gasteiger partial charge in [-0.3, -0.25) is 9.36 Å². The molecule has 0 atom stereocenters. The Bertz CT molecular complexity index is 1490. The van der Waals surface area contributed by atoms with E-state index in [4.69, 9.17) is 4.74 Å². The van der Waals surface area contributed by atoms with Crippen LogP contribution < -0.4 is 10.2 Å². The van der Waals surface area contributed by atoms with Gasteiger partial charge >= 0.3 is 12.1 Å². The Morgan fingerprint density at radius 2 is 1.75 bits per heavy atom. The number of rotatable bonds is 6. The van der Waals surface area contributed by atoms with Crippen LogP contribution in [0.25, 0.3) is 16.6 Å². The number of nitrogens with zero attached hydrogens (tertiary/aromatic N) is 2. The van der Waals surface area contributed by atoms with Gasteiger partial charge in [0.15, 0.2) is 0 Å². The molecule has 0 aliphatic carbocycles. The molecule has 3 N–H and O–H groups in total. The van der Waals surface area contributed by atoms with E-state index in [1.54, 1.807) is 12.1 Å². The van der Waals surface area contributed by atoms with E-state index in [2.05, 4.69) is 10.5 Å². The molecule has 4 rings (SSSR count). The average Bonchev–Trinajstić information content (AvgIpc) is 3.14. The molecule has 11 heteroatoms. The van der Waals surface area contributed by atoms with E-state index in [1.807, 2.05) is 0 Å². The molecule has 1 amide bonds. The van der Waals surface area contributed by atoms with Crippen LogP contribution in [0, 0.1) is 0 Å². The number of fused-ring (bicyclic) bond motifs is 1. The number of amides is 1. The number of aromatic hydroxyl groups is 1. The maximum Gasteiger partial charge on any atom is 0.416 e.